The molecule has 1 aromatic heterocycles. The van der Waals surface area contributed by atoms with E-state index in [2.05, 4.69) is 16.5 Å². The highest BCUT2D eigenvalue weighted by molar-refractivity contribution is 7.13. The van der Waals surface area contributed by atoms with Crippen molar-refractivity contribution in [3.8, 4) is 17.0 Å². The molecule has 0 aliphatic rings. The first-order valence-corrected chi connectivity index (χ1v) is 7.65. The van der Waals surface area contributed by atoms with Crippen molar-refractivity contribution in [1.82, 2.24) is 4.37 Å². The molecule has 0 unspecified atom stereocenters. The molecular weight excluding hydrogens is 298 g/mol. The van der Waals surface area contributed by atoms with E-state index in [1.807, 2.05) is 38.1 Å². The van der Waals surface area contributed by atoms with Gasteiger partial charge in [0.15, 0.2) is 6.61 Å². The molecule has 0 aliphatic heterocycles. The maximum atomic E-state index is 10.6. The van der Waals surface area contributed by atoms with Crippen LogP contribution < -0.4 is 4.74 Å². The maximum absolute atomic E-state index is 10.6. The largest absolute Gasteiger partial charge is 0.482 e. The van der Waals surface area contributed by atoms with E-state index < -0.39 is 5.97 Å². The topological polar surface area (TPSA) is 59.4 Å². The van der Waals surface area contributed by atoms with Gasteiger partial charge in [0.1, 0.15) is 5.75 Å². The highest BCUT2D eigenvalue weighted by atomic mass is 32.1. The van der Waals surface area contributed by atoms with Crippen LogP contribution in [0.3, 0.4) is 0 Å². The van der Waals surface area contributed by atoms with Crippen LogP contribution in [0.25, 0.3) is 21.3 Å². The van der Waals surface area contributed by atoms with Crippen LogP contribution in [-0.4, -0.2) is 22.1 Å². The Morgan fingerprint density at radius 3 is 2.73 bits per heavy atom. The van der Waals surface area contributed by atoms with E-state index in [0.717, 1.165) is 32.5 Å². The van der Waals surface area contributed by atoms with Gasteiger partial charge in [0.25, 0.3) is 0 Å². The summed E-state index contributed by atoms with van der Waals surface area (Å²) in [6.07, 6.45) is 0. The Morgan fingerprint density at radius 1 is 1.18 bits per heavy atom. The zero-order valence-corrected chi connectivity index (χ0v) is 13.1. The van der Waals surface area contributed by atoms with E-state index in [4.69, 9.17) is 9.84 Å². The van der Waals surface area contributed by atoms with Gasteiger partial charge in [-0.2, -0.15) is 4.37 Å². The lowest BCUT2D eigenvalue weighted by Gasteiger charge is -2.12. The van der Waals surface area contributed by atoms with Crippen LogP contribution in [0.5, 0.6) is 5.75 Å². The van der Waals surface area contributed by atoms with E-state index in [1.165, 1.54) is 11.5 Å². The Labute approximate surface area is 132 Å². The molecule has 3 aromatic rings. The van der Waals surface area contributed by atoms with Gasteiger partial charge in [-0.25, -0.2) is 4.79 Å². The molecule has 3 rings (SSSR count). The molecule has 0 atom stereocenters. The maximum Gasteiger partial charge on any atom is 0.341 e. The normalized spacial score (nSPS) is 10.8. The first kappa shape index (κ1) is 14.5. The highest BCUT2D eigenvalue weighted by Gasteiger charge is 2.14. The molecule has 0 saturated carbocycles. The minimum absolute atomic E-state index is 0.334. The predicted octanol–water partition coefficient (Wildman–Crippen LogP) is 4.04. The summed E-state index contributed by atoms with van der Waals surface area (Å²) in [5, 5.41) is 9.86. The highest BCUT2D eigenvalue weighted by Crippen LogP contribution is 2.35. The average molecular weight is 313 g/mol. The van der Waals surface area contributed by atoms with Gasteiger partial charge in [-0.3, -0.25) is 0 Å². The molecule has 5 heteroatoms. The minimum atomic E-state index is -0.980. The fourth-order valence-electron chi connectivity index (χ4n) is 2.43. The van der Waals surface area contributed by atoms with Crippen molar-refractivity contribution in [2.75, 3.05) is 6.61 Å². The third-order valence-electron chi connectivity index (χ3n) is 3.72. The number of nitrogens with zero attached hydrogens (tertiary/aromatic N) is 1. The zero-order chi connectivity index (χ0) is 15.7. The smallest absolute Gasteiger partial charge is 0.341 e. The Bertz CT molecular complexity index is 854. The SMILES string of the molecule is Cc1c(OCC(=O)O)ccc(-c2nsc3ccccc23)c1C. The molecular formula is C17H15NO3S. The van der Waals surface area contributed by atoms with Crippen molar-refractivity contribution in [2.24, 2.45) is 0 Å². The Balaban J connectivity index is 2.05. The number of aromatic nitrogens is 1. The molecule has 1 heterocycles. The molecule has 0 bridgehead atoms. The van der Waals surface area contributed by atoms with Crippen molar-refractivity contribution in [1.29, 1.82) is 0 Å². The number of hydrogen-bond acceptors (Lipinski definition) is 4. The average Bonchev–Trinajstić information content (AvgIpc) is 2.92. The molecule has 0 fully saturated rings. The fourth-order valence-corrected chi connectivity index (χ4v) is 3.22. The lowest BCUT2D eigenvalue weighted by Crippen LogP contribution is -2.10. The van der Waals surface area contributed by atoms with E-state index in [1.54, 1.807) is 0 Å². The number of hydrogen-bond donors (Lipinski definition) is 1. The number of fused-ring (bicyclic) bond motifs is 1. The standard InChI is InChI=1S/C17H15NO3S/c1-10-11(2)14(21-9-16(19)20)8-7-12(10)17-13-5-3-4-6-15(13)22-18-17/h3-8H,9H2,1-2H3,(H,19,20). The van der Waals surface area contributed by atoms with Gasteiger partial charge in [-0.15, -0.1) is 0 Å². The van der Waals surface area contributed by atoms with Crippen LogP contribution in [0.2, 0.25) is 0 Å². The van der Waals surface area contributed by atoms with Gasteiger partial charge in [0.05, 0.1) is 10.4 Å². The van der Waals surface area contributed by atoms with Crippen LogP contribution in [0, 0.1) is 13.8 Å². The Kier molecular flexibility index (Phi) is 3.81. The summed E-state index contributed by atoms with van der Waals surface area (Å²) < 4.78 is 11.1. The van der Waals surface area contributed by atoms with Crippen LogP contribution in [0.1, 0.15) is 11.1 Å². The summed E-state index contributed by atoms with van der Waals surface area (Å²) in [7, 11) is 0. The Hall–Kier alpha value is -2.40. The number of carboxylic acids is 1. The molecule has 0 spiro atoms. The molecule has 1 N–H and O–H groups in total. The number of carboxylic acid groups (broad SMARTS) is 1. The van der Waals surface area contributed by atoms with E-state index in [-0.39, 0.29) is 6.61 Å². The van der Waals surface area contributed by atoms with Gasteiger partial charge >= 0.3 is 5.97 Å². The van der Waals surface area contributed by atoms with Crippen LogP contribution in [-0.2, 0) is 4.79 Å². The molecule has 112 valence electrons. The van der Waals surface area contributed by atoms with Crippen molar-refractivity contribution < 1.29 is 14.6 Å². The summed E-state index contributed by atoms with van der Waals surface area (Å²) in [4.78, 5) is 10.6. The Morgan fingerprint density at radius 2 is 1.95 bits per heavy atom. The molecule has 4 nitrogen and oxygen atoms in total. The first-order chi connectivity index (χ1) is 10.6. The predicted molar refractivity (Wildman–Crippen MR) is 87.7 cm³/mol. The molecule has 22 heavy (non-hydrogen) atoms. The number of rotatable bonds is 4. The van der Waals surface area contributed by atoms with Gasteiger partial charge in [0, 0.05) is 10.9 Å². The van der Waals surface area contributed by atoms with Gasteiger partial charge < -0.3 is 9.84 Å². The van der Waals surface area contributed by atoms with Crippen LogP contribution in [0.4, 0.5) is 0 Å². The molecule has 2 aromatic carbocycles. The number of aliphatic carboxylic acids is 1. The summed E-state index contributed by atoms with van der Waals surface area (Å²) in [6, 6.07) is 11.9. The second kappa shape index (κ2) is 5.77. The quantitative estimate of drug-likeness (QED) is 0.789. The first-order valence-electron chi connectivity index (χ1n) is 6.87. The molecule has 0 saturated heterocycles. The minimum Gasteiger partial charge on any atom is -0.482 e. The molecule has 0 aliphatic carbocycles. The van der Waals surface area contributed by atoms with Crippen LogP contribution >= 0.6 is 11.5 Å². The van der Waals surface area contributed by atoms with Gasteiger partial charge in [-0.1, -0.05) is 18.2 Å². The van der Waals surface area contributed by atoms with E-state index in [0.29, 0.717) is 5.75 Å². The monoisotopic (exact) mass is 313 g/mol. The van der Waals surface area contributed by atoms with E-state index in [9.17, 15) is 4.79 Å². The summed E-state index contributed by atoms with van der Waals surface area (Å²) in [6.45, 7) is 3.61. The summed E-state index contributed by atoms with van der Waals surface area (Å²) in [5.41, 5.74) is 4.01. The fraction of sp³-hybridized carbons (Fsp3) is 0.176. The summed E-state index contributed by atoms with van der Waals surface area (Å²) in [5.74, 6) is -0.380. The van der Waals surface area contributed by atoms with E-state index >= 15 is 0 Å². The second-order valence-electron chi connectivity index (χ2n) is 5.07. The second-order valence-corrected chi connectivity index (χ2v) is 5.88. The van der Waals surface area contributed by atoms with Crippen molar-refractivity contribution in [2.45, 2.75) is 13.8 Å². The van der Waals surface area contributed by atoms with Crippen LogP contribution in [0.15, 0.2) is 36.4 Å². The van der Waals surface area contributed by atoms with Crippen molar-refractivity contribution >= 4 is 27.6 Å². The third kappa shape index (κ3) is 2.55. The summed E-state index contributed by atoms with van der Waals surface area (Å²) >= 11 is 1.48. The molecule has 0 amide bonds. The zero-order valence-electron chi connectivity index (χ0n) is 12.3. The number of ether oxygens (including phenoxy) is 1. The van der Waals surface area contributed by atoms with Crippen molar-refractivity contribution in [3.63, 3.8) is 0 Å². The lowest BCUT2D eigenvalue weighted by molar-refractivity contribution is -0.139. The van der Waals surface area contributed by atoms with Gasteiger partial charge in [0.2, 0.25) is 0 Å². The number of carbonyl (C=O) groups is 1. The third-order valence-corrected chi connectivity index (χ3v) is 4.55. The number of benzene rings is 2. The molecule has 0 radical (unpaired) electrons. The lowest BCUT2D eigenvalue weighted by atomic mass is 9.98. The van der Waals surface area contributed by atoms with Gasteiger partial charge in [-0.05, 0) is 54.7 Å². The van der Waals surface area contributed by atoms with Crippen molar-refractivity contribution in [3.05, 3.63) is 47.5 Å².